The van der Waals surface area contributed by atoms with Gasteiger partial charge in [-0.25, -0.2) is 0 Å². The van der Waals surface area contributed by atoms with Crippen molar-refractivity contribution < 1.29 is 14.3 Å². The Morgan fingerprint density at radius 2 is 2.33 bits per heavy atom. The molecule has 1 aliphatic heterocycles. The molecular weight excluding hydrogens is 228 g/mol. The van der Waals surface area contributed by atoms with Crippen LogP contribution in [0.2, 0.25) is 0 Å². The molecule has 18 heavy (non-hydrogen) atoms. The van der Waals surface area contributed by atoms with E-state index in [4.69, 9.17) is 9.47 Å². The van der Waals surface area contributed by atoms with Gasteiger partial charge in [0.25, 0.3) is 0 Å². The molecule has 3 nitrogen and oxygen atoms in total. The van der Waals surface area contributed by atoms with E-state index in [1.54, 1.807) is 0 Å². The van der Waals surface area contributed by atoms with Crippen molar-refractivity contribution in [3.63, 3.8) is 0 Å². The number of hydrogen-bond acceptors (Lipinski definition) is 3. The molecule has 96 valence electrons. The van der Waals surface area contributed by atoms with Gasteiger partial charge >= 0.3 is 0 Å². The molecular formula is C15H18O3. The molecule has 0 saturated carbocycles. The number of benzene rings is 1. The van der Waals surface area contributed by atoms with E-state index in [-0.39, 0.29) is 5.78 Å². The molecule has 0 saturated heterocycles. The van der Waals surface area contributed by atoms with Crippen molar-refractivity contribution >= 4 is 5.78 Å². The predicted octanol–water partition coefficient (Wildman–Crippen LogP) is 3.03. The summed E-state index contributed by atoms with van der Waals surface area (Å²) in [5.41, 5.74) is 1.15. The molecule has 0 bridgehead atoms. The Balaban J connectivity index is 1.78. The van der Waals surface area contributed by atoms with Crippen LogP contribution < -0.4 is 4.74 Å². The van der Waals surface area contributed by atoms with E-state index >= 15 is 0 Å². The molecule has 2 rings (SSSR count). The van der Waals surface area contributed by atoms with E-state index in [0.717, 1.165) is 24.2 Å². The summed E-state index contributed by atoms with van der Waals surface area (Å²) in [5.74, 6) is 1.35. The summed E-state index contributed by atoms with van der Waals surface area (Å²) in [7, 11) is 0. The first kappa shape index (κ1) is 12.7. The molecule has 3 heteroatoms. The maximum Gasteiger partial charge on any atom is 0.200 e. The summed E-state index contributed by atoms with van der Waals surface area (Å²) in [6, 6.07) is 7.81. The molecule has 0 fully saturated rings. The highest BCUT2D eigenvalue weighted by Crippen LogP contribution is 2.15. The van der Waals surface area contributed by atoms with Gasteiger partial charge in [-0.15, -0.1) is 0 Å². The van der Waals surface area contributed by atoms with Gasteiger partial charge in [-0.2, -0.15) is 0 Å². The lowest BCUT2D eigenvalue weighted by atomic mass is 10.1. The number of carbonyl (C=O) groups excluding carboxylic acids is 1. The lowest BCUT2D eigenvalue weighted by Gasteiger charge is -2.13. The fraction of sp³-hybridized carbons (Fsp3) is 0.400. The van der Waals surface area contributed by atoms with Crippen molar-refractivity contribution in [1.82, 2.24) is 0 Å². The van der Waals surface area contributed by atoms with Crippen LogP contribution in [-0.2, 0) is 9.53 Å². The van der Waals surface area contributed by atoms with Crippen LogP contribution in [0.1, 0.15) is 24.8 Å². The molecule has 0 spiro atoms. The van der Waals surface area contributed by atoms with E-state index in [0.29, 0.717) is 25.4 Å². The summed E-state index contributed by atoms with van der Waals surface area (Å²) < 4.78 is 10.9. The molecule has 1 aliphatic rings. The van der Waals surface area contributed by atoms with Gasteiger partial charge in [-0.3, -0.25) is 4.79 Å². The fourth-order valence-electron chi connectivity index (χ4n) is 1.84. The van der Waals surface area contributed by atoms with Crippen LogP contribution in [-0.4, -0.2) is 19.0 Å². The number of hydrogen-bond donors (Lipinski definition) is 0. The van der Waals surface area contributed by atoms with Gasteiger partial charge in [-0.05, 0) is 43.5 Å². The maximum absolute atomic E-state index is 11.8. The number of ketones is 1. The second-order valence-electron chi connectivity index (χ2n) is 4.40. The van der Waals surface area contributed by atoms with Crippen LogP contribution in [0.3, 0.4) is 0 Å². The minimum absolute atomic E-state index is 0.0300. The SMILES string of the molecule is Cc1cccc(OCCC(=O)C2=CCCCO2)c1. The Hall–Kier alpha value is -1.77. The molecule has 0 atom stereocenters. The monoisotopic (exact) mass is 246 g/mol. The molecule has 0 radical (unpaired) electrons. The summed E-state index contributed by atoms with van der Waals surface area (Å²) in [6.45, 7) is 3.05. The van der Waals surface area contributed by atoms with Gasteiger partial charge in [0.15, 0.2) is 11.5 Å². The highest BCUT2D eigenvalue weighted by Gasteiger charge is 2.13. The third-order valence-corrected chi connectivity index (χ3v) is 2.80. The number of carbonyl (C=O) groups is 1. The summed E-state index contributed by atoms with van der Waals surface area (Å²) >= 11 is 0. The van der Waals surface area contributed by atoms with E-state index < -0.39 is 0 Å². The molecule has 1 aromatic rings. The Morgan fingerprint density at radius 3 is 3.06 bits per heavy atom. The number of allylic oxidation sites excluding steroid dienone is 2. The van der Waals surface area contributed by atoms with E-state index in [2.05, 4.69) is 0 Å². The maximum atomic E-state index is 11.8. The first-order chi connectivity index (χ1) is 8.75. The van der Waals surface area contributed by atoms with E-state index in [1.807, 2.05) is 37.3 Å². The molecule has 1 heterocycles. The number of ether oxygens (including phenoxy) is 2. The largest absolute Gasteiger partial charge is 0.493 e. The van der Waals surface area contributed by atoms with Crippen LogP contribution >= 0.6 is 0 Å². The minimum Gasteiger partial charge on any atom is -0.493 e. The van der Waals surface area contributed by atoms with Crippen molar-refractivity contribution in [2.24, 2.45) is 0 Å². The number of Topliss-reactive ketones (excluding diaryl/α,β-unsaturated/α-hetero) is 1. The lowest BCUT2D eigenvalue weighted by molar-refractivity contribution is -0.119. The van der Waals surface area contributed by atoms with Gasteiger partial charge in [0.05, 0.1) is 13.2 Å². The van der Waals surface area contributed by atoms with Crippen molar-refractivity contribution in [2.75, 3.05) is 13.2 Å². The van der Waals surface area contributed by atoms with Crippen molar-refractivity contribution in [3.05, 3.63) is 41.7 Å². The van der Waals surface area contributed by atoms with Gasteiger partial charge < -0.3 is 9.47 Å². The molecule has 0 unspecified atom stereocenters. The van der Waals surface area contributed by atoms with Crippen LogP contribution in [0.15, 0.2) is 36.1 Å². The Labute approximate surface area is 107 Å². The van der Waals surface area contributed by atoms with Gasteiger partial charge in [-0.1, -0.05) is 12.1 Å². The highest BCUT2D eigenvalue weighted by molar-refractivity contribution is 5.93. The normalized spacial score (nSPS) is 14.6. The fourth-order valence-corrected chi connectivity index (χ4v) is 1.84. The number of rotatable bonds is 5. The Morgan fingerprint density at radius 1 is 1.44 bits per heavy atom. The third kappa shape index (κ3) is 3.62. The standard InChI is InChI=1S/C15H18O3/c1-12-5-4-6-13(11-12)17-10-8-14(16)15-7-2-3-9-18-15/h4-7,11H,2-3,8-10H2,1H3. The lowest BCUT2D eigenvalue weighted by Crippen LogP contribution is -2.14. The Kier molecular flexibility index (Phi) is 4.40. The second kappa shape index (κ2) is 6.24. The van der Waals surface area contributed by atoms with Crippen molar-refractivity contribution in [1.29, 1.82) is 0 Å². The predicted molar refractivity (Wildman–Crippen MR) is 69.6 cm³/mol. The first-order valence-electron chi connectivity index (χ1n) is 6.31. The summed E-state index contributed by atoms with van der Waals surface area (Å²) in [4.78, 5) is 11.8. The van der Waals surface area contributed by atoms with Crippen molar-refractivity contribution in [2.45, 2.75) is 26.2 Å². The van der Waals surface area contributed by atoms with Crippen LogP contribution in [0, 0.1) is 6.92 Å². The van der Waals surface area contributed by atoms with E-state index in [1.165, 1.54) is 0 Å². The van der Waals surface area contributed by atoms with Gasteiger partial charge in [0, 0.05) is 6.42 Å². The molecule has 0 N–H and O–H groups in total. The quantitative estimate of drug-likeness (QED) is 0.801. The average molecular weight is 246 g/mol. The van der Waals surface area contributed by atoms with Gasteiger partial charge in [0.2, 0.25) is 0 Å². The zero-order valence-corrected chi connectivity index (χ0v) is 10.6. The molecule has 0 aromatic heterocycles. The molecule has 0 amide bonds. The molecule has 1 aromatic carbocycles. The number of aryl methyl sites for hydroxylation is 1. The zero-order valence-electron chi connectivity index (χ0n) is 10.6. The first-order valence-corrected chi connectivity index (χ1v) is 6.31. The Bertz CT molecular complexity index is 449. The van der Waals surface area contributed by atoms with Crippen LogP contribution in [0.25, 0.3) is 0 Å². The highest BCUT2D eigenvalue weighted by atomic mass is 16.5. The minimum atomic E-state index is 0.0300. The molecule has 0 aliphatic carbocycles. The van der Waals surface area contributed by atoms with Crippen molar-refractivity contribution in [3.8, 4) is 5.75 Å². The average Bonchev–Trinajstić information content (AvgIpc) is 2.40. The smallest absolute Gasteiger partial charge is 0.200 e. The third-order valence-electron chi connectivity index (χ3n) is 2.80. The zero-order chi connectivity index (χ0) is 12.8. The summed E-state index contributed by atoms with van der Waals surface area (Å²) in [5, 5.41) is 0. The van der Waals surface area contributed by atoms with Crippen LogP contribution in [0.5, 0.6) is 5.75 Å². The topological polar surface area (TPSA) is 35.5 Å². The van der Waals surface area contributed by atoms with E-state index in [9.17, 15) is 4.79 Å². The van der Waals surface area contributed by atoms with Gasteiger partial charge in [0.1, 0.15) is 5.75 Å². The summed E-state index contributed by atoms with van der Waals surface area (Å²) in [6.07, 6.45) is 4.16. The van der Waals surface area contributed by atoms with Crippen LogP contribution in [0.4, 0.5) is 0 Å². The second-order valence-corrected chi connectivity index (χ2v) is 4.40.